The summed E-state index contributed by atoms with van der Waals surface area (Å²) < 4.78 is 0. The highest BCUT2D eigenvalue weighted by Gasteiger charge is 2.19. The van der Waals surface area contributed by atoms with E-state index < -0.39 is 0 Å². The Morgan fingerprint density at radius 1 is 0.525 bits per heavy atom. The maximum Gasteiger partial charge on any atom is 0.0858 e. The Hall–Kier alpha value is -4.70. The van der Waals surface area contributed by atoms with Crippen molar-refractivity contribution in [3.63, 3.8) is 0 Å². The number of benzene rings is 4. The molecule has 4 aromatic carbocycles. The molecule has 4 heteroatoms. The van der Waals surface area contributed by atoms with Gasteiger partial charge in [0.25, 0.3) is 0 Å². The molecule has 0 heterocycles. The fraction of sp³-hybridized carbons (Fsp3) is 0.111. The number of azo groups is 1. The first-order chi connectivity index (χ1) is 19.8. The molecule has 4 nitrogen and oxygen atoms in total. The quantitative estimate of drug-likeness (QED) is 0.195. The van der Waals surface area contributed by atoms with Crippen LogP contribution in [0.25, 0.3) is 0 Å². The molecule has 0 bridgehead atoms. The predicted molar refractivity (Wildman–Crippen MR) is 167 cm³/mol. The van der Waals surface area contributed by atoms with Crippen LogP contribution < -0.4 is 9.80 Å². The molecule has 2 aliphatic carbocycles. The van der Waals surface area contributed by atoms with Gasteiger partial charge in [-0.2, -0.15) is 10.2 Å². The Morgan fingerprint density at radius 2 is 1.10 bits per heavy atom. The van der Waals surface area contributed by atoms with Crippen molar-refractivity contribution >= 4 is 34.1 Å². The predicted octanol–water partition coefficient (Wildman–Crippen LogP) is 10.0. The van der Waals surface area contributed by atoms with Gasteiger partial charge in [-0.1, -0.05) is 66.8 Å². The average molecular weight is 521 g/mol. The topological polar surface area (TPSA) is 31.2 Å². The van der Waals surface area contributed by atoms with E-state index in [-0.39, 0.29) is 0 Å². The number of allylic oxidation sites excluding steroid dienone is 5. The zero-order valence-corrected chi connectivity index (χ0v) is 22.5. The van der Waals surface area contributed by atoms with Crippen LogP contribution in [0.5, 0.6) is 0 Å². The molecular weight excluding hydrogens is 488 g/mol. The summed E-state index contributed by atoms with van der Waals surface area (Å²) in [6.45, 7) is 1.87. The van der Waals surface area contributed by atoms with E-state index in [4.69, 9.17) is 0 Å². The average Bonchev–Trinajstić information content (AvgIpc) is 3.73. The molecular formula is C36H32N4. The van der Waals surface area contributed by atoms with E-state index in [1.807, 2.05) is 42.5 Å². The van der Waals surface area contributed by atoms with Gasteiger partial charge in [0.15, 0.2) is 0 Å². The lowest BCUT2D eigenvalue weighted by Gasteiger charge is -2.30. The molecule has 2 aliphatic rings. The molecule has 0 saturated heterocycles. The van der Waals surface area contributed by atoms with Crippen LogP contribution in [-0.4, -0.2) is 13.1 Å². The lowest BCUT2D eigenvalue weighted by Crippen LogP contribution is -2.30. The first-order valence-corrected chi connectivity index (χ1v) is 13.8. The second-order valence-electron chi connectivity index (χ2n) is 10.0. The van der Waals surface area contributed by atoms with Crippen molar-refractivity contribution in [2.24, 2.45) is 10.2 Å². The van der Waals surface area contributed by atoms with Gasteiger partial charge in [-0.3, -0.25) is 0 Å². The number of hydrogen-bond acceptors (Lipinski definition) is 4. The molecule has 0 aromatic heterocycles. The Balaban J connectivity index is 1.26. The third-order valence-corrected chi connectivity index (χ3v) is 7.12. The minimum atomic E-state index is 0.818. The monoisotopic (exact) mass is 520 g/mol. The number of anilines is 4. The highest BCUT2D eigenvalue weighted by molar-refractivity contribution is 5.78. The molecule has 0 atom stereocenters. The van der Waals surface area contributed by atoms with Crippen LogP contribution in [0.15, 0.2) is 155 Å². The van der Waals surface area contributed by atoms with Crippen LogP contribution in [0.1, 0.15) is 12.8 Å². The first kappa shape index (κ1) is 25.6. The summed E-state index contributed by atoms with van der Waals surface area (Å²) in [5.74, 6) is 1.45. The molecule has 6 rings (SSSR count). The van der Waals surface area contributed by atoms with Crippen molar-refractivity contribution < 1.29 is 0 Å². The summed E-state index contributed by atoms with van der Waals surface area (Å²) in [6, 6.07) is 37.5. The van der Waals surface area contributed by atoms with E-state index in [1.54, 1.807) is 0 Å². The van der Waals surface area contributed by atoms with E-state index in [2.05, 4.69) is 124 Å². The molecule has 0 aliphatic heterocycles. The Labute approximate surface area is 237 Å². The van der Waals surface area contributed by atoms with Gasteiger partial charge >= 0.3 is 0 Å². The summed E-state index contributed by atoms with van der Waals surface area (Å²) in [6.07, 6.45) is 15.4. The standard InChI is InChI=1S/C36H32N4/c1-3-15-31(16-4-1)37-38-32-19-21-35(22-20-32)40(34-17-5-2-6-18-34)36-25-23-33(24-26-36)39(27-29-11-7-8-12-29)28-30-13-9-10-14-30/h1-11,13,15-26H,12,14,27-28H2. The van der Waals surface area contributed by atoms with Crippen LogP contribution >= 0.6 is 0 Å². The molecule has 4 aromatic rings. The fourth-order valence-corrected chi connectivity index (χ4v) is 5.06. The van der Waals surface area contributed by atoms with Crippen molar-refractivity contribution in [3.8, 4) is 0 Å². The van der Waals surface area contributed by atoms with Crippen molar-refractivity contribution in [2.75, 3.05) is 22.9 Å². The normalized spacial score (nSPS) is 14.7. The SMILES string of the molecule is [CH]1C=CC[C]1CN(CC1=CC=CC1)c1ccc(N(c2ccccc2)c2ccc(N=Nc3ccccc3)cc2)cc1. The van der Waals surface area contributed by atoms with Crippen molar-refractivity contribution in [1.82, 2.24) is 0 Å². The van der Waals surface area contributed by atoms with E-state index >= 15 is 0 Å². The molecule has 0 unspecified atom stereocenters. The minimum absolute atomic E-state index is 0.818. The molecule has 0 fully saturated rings. The van der Waals surface area contributed by atoms with Gasteiger partial charge in [-0.15, -0.1) is 0 Å². The number of para-hydroxylation sites is 1. The minimum Gasteiger partial charge on any atom is -0.367 e. The van der Waals surface area contributed by atoms with Crippen LogP contribution in [0.2, 0.25) is 0 Å². The van der Waals surface area contributed by atoms with E-state index in [0.717, 1.165) is 54.4 Å². The summed E-state index contributed by atoms with van der Waals surface area (Å²) >= 11 is 0. The summed E-state index contributed by atoms with van der Waals surface area (Å²) in [5.41, 5.74) is 7.62. The maximum absolute atomic E-state index is 4.42. The third kappa shape index (κ3) is 6.29. The smallest absolute Gasteiger partial charge is 0.0858 e. The van der Waals surface area contributed by atoms with Crippen LogP contribution in [0.4, 0.5) is 34.1 Å². The van der Waals surface area contributed by atoms with E-state index in [0.29, 0.717) is 0 Å². The second kappa shape index (κ2) is 12.4. The highest BCUT2D eigenvalue weighted by atomic mass is 15.2. The molecule has 0 amide bonds. The van der Waals surface area contributed by atoms with Gasteiger partial charge in [-0.05, 0) is 97.6 Å². The van der Waals surface area contributed by atoms with Gasteiger partial charge in [0.2, 0.25) is 0 Å². The second-order valence-corrected chi connectivity index (χ2v) is 10.0. The van der Waals surface area contributed by atoms with Gasteiger partial charge in [0.05, 0.1) is 11.4 Å². The zero-order valence-electron chi connectivity index (χ0n) is 22.5. The Bertz CT molecular complexity index is 1490. The summed E-state index contributed by atoms with van der Waals surface area (Å²) in [7, 11) is 0. The molecule has 2 radical (unpaired) electrons. The maximum atomic E-state index is 4.42. The van der Waals surface area contributed by atoms with Crippen LogP contribution in [0, 0.1) is 12.3 Å². The Kier molecular flexibility index (Phi) is 7.95. The molecule has 196 valence electrons. The van der Waals surface area contributed by atoms with Crippen LogP contribution in [-0.2, 0) is 0 Å². The molecule has 40 heavy (non-hydrogen) atoms. The largest absolute Gasteiger partial charge is 0.367 e. The van der Waals surface area contributed by atoms with Gasteiger partial charge < -0.3 is 9.80 Å². The van der Waals surface area contributed by atoms with Gasteiger partial charge in [0.1, 0.15) is 0 Å². The highest BCUT2D eigenvalue weighted by Crippen LogP contribution is 2.37. The van der Waals surface area contributed by atoms with Crippen molar-refractivity contribution in [2.45, 2.75) is 12.8 Å². The van der Waals surface area contributed by atoms with Crippen LogP contribution in [0.3, 0.4) is 0 Å². The third-order valence-electron chi connectivity index (χ3n) is 7.12. The van der Waals surface area contributed by atoms with Gasteiger partial charge in [-0.25, -0.2) is 0 Å². The van der Waals surface area contributed by atoms with Crippen molar-refractivity contribution in [3.05, 3.63) is 157 Å². The summed E-state index contributed by atoms with van der Waals surface area (Å²) in [4.78, 5) is 4.76. The summed E-state index contributed by atoms with van der Waals surface area (Å²) in [5, 5.41) is 8.78. The zero-order chi connectivity index (χ0) is 27.0. The first-order valence-electron chi connectivity index (χ1n) is 13.8. The lowest BCUT2D eigenvalue weighted by molar-refractivity contribution is 0.818. The lowest BCUT2D eigenvalue weighted by atomic mass is 10.1. The van der Waals surface area contributed by atoms with Gasteiger partial charge in [0, 0.05) is 41.8 Å². The molecule has 0 N–H and O–H groups in total. The Morgan fingerprint density at radius 3 is 1.73 bits per heavy atom. The molecule has 0 saturated carbocycles. The fourth-order valence-electron chi connectivity index (χ4n) is 5.06. The van der Waals surface area contributed by atoms with E-state index in [1.165, 1.54) is 17.2 Å². The van der Waals surface area contributed by atoms with Crippen molar-refractivity contribution in [1.29, 1.82) is 0 Å². The molecule has 0 spiro atoms. The number of hydrogen-bond donors (Lipinski definition) is 0. The van der Waals surface area contributed by atoms with E-state index in [9.17, 15) is 0 Å². The number of rotatable bonds is 10. The number of nitrogens with zero attached hydrogens (tertiary/aromatic N) is 4.